The van der Waals surface area contributed by atoms with Gasteiger partial charge in [0.05, 0.1) is 17.9 Å². The van der Waals surface area contributed by atoms with Crippen molar-refractivity contribution in [3.8, 4) is 0 Å². The Bertz CT molecular complexity index is 1180. The van der Waals surface area contributed by atoms with E-state index in [0.29, 0.717) is 29.3 Å². The minimum Gasteiger partial charge on any atom is -0.391 e. The summed E-state index contributed by atoms with van der Waals surface area (Å²) in [6.07, 6.45) is 18.3. The van der Waals surface area contributed by atoms with Crippen molar-refractivity contribution in [2.24, 2.45) is 45.6 Å². The van der Waals surface area contributed by atoms with E-state index in [1.807, 2.05) is 24.3 Å². The molecule has 0 bridgehead atoms. The Balaban J connectivity index is 1.10. The maximum absolute atomic E-state index is 6.55. The first-order valence-corrected chi connectivity index (χ1v) is 16.7. The van der Waals surface area contributed by atoms with Crippen LogP contribution in [0.5, 0.6) is 0 Å². The highest BCUT2D eigenvalue weighted by atomic mass is 35.5. The van der Waals surface area contributed by atoms with E-state index >= 15 is 0 Å². The normalized spacial score (nSPS) is 42.2. The van der Waals surface area contributed by atoms with Crippen LogP contribution in [0.4, 0.5) is 0 Å². The molecule has 1 heterocycles. The fourth-order valence-corrected chi connectivity index (χ4v) is 9.88. The second-order valence-corrected chi connectivity index (χ2v) is 14.7. The van der Waals surface area contributed by atoms with Crippen LogP contribution in [0.2, 0.25) is 5.02 Å². The topological polar surface area (TPSA) is 40.0 Å². The lowest BCUT2D eigenvalue weighted by atomic mass is 9.47. The second-order valence-electron chi connectivity index (χ2n) is 14.3. The first-order valence-electron chi connectivity index (χ1n) is 16.3. The van der Waals surface area contributed by atoms with Crippen LogP contribution in [-0.4, -0.2) is 24.2 Å². The van der Waals surface area contributed by atoms with E-state index in [9.17, 15) is 0 Å². The Morgan fingerprint density at radius 2 is 1.85 bits per heavy atom. The van der Waals surface area contributed by atoms with Gasteiger partial charge in [0.1, 0.15) is 6.61 Å². The zero-order valence-corrected chi connectivity index (χ0v) is 26.5. The molecule has 5 aliphatic rings. The summed E-state index contributed by atoms with van der Waals surface area (Å²) in [4.78, 5) is 5.84. The van der Waals surface area contributed by atoms with Crippen LogP contribution in [0.3, 0.4) is 0 Å². The number of nitrogens with zero attached hydrogens (tertiary/aromatic N) is 1. The molecule has 1 aromatic rings. The van der Waals surface area contributed by atoms with Crippen LogP contribution in [0.15, 0.2) is 53.2 Å². The molecular formula is C36H50ClNO3. The van der Waals surface area contributed by atoms with Crippen molar-refractivity contribution in [2.75, 3.05) is 0 Å². The van der Waals surface area contributed by atoms with Gasteiger partial charge in [0, 0.05) is 16.9 Å². The van der Waals surface area contributed by atoms with Crippen molar-refractivity contribution in [2.45, 2.75) is 118 Å². The molecule has 5 heteroatoms. The van der Waals surface area contributed by atoms with E-state index in [1.165, 1.54) is 44.2 Å². The van der Waals surface area contributed by atoms with Gasteiger partial charge in [-0.25, -0.2) is 0 Å². The monoisotopic (exact) mass is 579 g/mol. The van der Waals surface area contributed by atoms with Gasteiger partial charge in [-0.1, -0.05) is 74.3 Å². The fraction of sp³-hybridized carbons (Fsp3) is 0.694. The number of benzene rings is 1. The highest BCUT2D eigenvalue weighted by Gasteiger charge is 2.59. The maximum Gasteiger partial charge on any atom is 0.177 e. The molecule has 0 aromatic heterocycles. The zero-order chi connectivity index (χ0) is 28.8. The summed E-state index contributed by atoms with van der Waals surface area (Å²) in [5.74, 6) is 3.32. The van der Waals surface area contributed by atoms with Crippen LogP contribution in [0.1, 0.15) is 98.0 Å². The maximum atomic E-state index is 6.55. The van der Waals surface area contributed by atoms with Crippen molar-refractivity contribution in [3.63, 3.8) is 0 Å². The van der Waals surface area contributed by atoms with Crippen molar-refractivity contribution >= 4 is 17.3 Å². The highest BCUT2D eigenvalue weighted by Crippen LogP contribution is 2.66. The molecule has 0 amide bonds. The number of fused-ring (bicyclic) bond motifs is 5. The molecule has 3 saturated carbocycles. The van der Waals surface area contributed by atoms with Crippen LogP contribution in [0.25, 0.3) is 0 Å². The standard InChI is InChI=1S/C36H50ClNO3/c1-6-33-23(2)7-16-34(41-33)40-28-17-19-35(4)26(21-28)10-13-29-31-15-14-30(36(31,5)20-18-32(29)35)24(3)38-39-22-25-8-11-27(37)12-9-25/h7-12,16,23,28-34H,6,13-15,17-22H2,1-5H3/b38-24+/t23-,28?,29?,30+,31?,32?,33+,34?,35-,36+/m0/s1. The molecule has 1 aliphatic heterocycles. The van der Waals surface area contributed by atoms with Gasteiger partial charge in [-0.05, 0) is 117 Å². The largest absolute Gasteiger partial charge is 0.391 e. The number of hydrogen-bond acceptors (Lipinski definition) is 4. The average molecular weight is 580 g/mol. The van der Waals surface area contributed by atoms with Gasteiger partial charge in [0.25, 0.3) is 0 Å². The number of hydrogen-bond donors (Lipinski definition) is 0. The Labute approximate surface area is 252 Å². The van der Waals surface area contributed by atoms with Crippen molar-refractivity contribution in [3.05, 3.63) is 58.7 Å². The summed E-state index contributed by atoms with van der Waals surface area (Å²) in [5.41, 5.74) is 4.58. The van der Waals surface area contributed by atoms with E-state index in [4.69, 9.17) is 25.9 Å². The van der Waals surface area contributed by atoms with Crippen molar-refractivity contribution in [1.29, 1.82) is 0 Å². The third kappa shape index (κ3) is 5.58. The van der Waals surface area contributed by atoms with Crippen LogP contribution in [-0.2, 0) is 20.9 Å². The quantitative estimate of drug-likeness (QED) is 0.183. The number of ether oxygens (including phenoxy) is 2. The number of halogens is 1. The molecule has 4 aliphatic carbocycles. The summed E-state index contributed by atoms with van der Waals surface area (Å²) in [6, 6.07) is 7.84. The molecule has 1 aromatic carbocycles. The van der Waals surface area contributed by atoms with Gasteiger partial charge < -0.3 is 14.3 Å². The second kappa shape index (κ2) is 11.8. The fourth-order valence-electron chi connectivity index (χ4n) is 9.75. The van der Waals surface area contributed by atoms with E-state index < -0.39 is 0 Å². The zero-order valence-electron chi connectivity index (χ0n) is 25.8. The summed E-state index contributed by atoms with van der Waals surface area (Å²) in [7, 11) is 0. The molecular weight excluding hydrogens is 530 g/mol. The number of rotatable bonds is 7. The van der Waals surface area contributed by atoms with Gasteiger partial charge in [0.2, 0.25) is 0 Å². The SMILES string of the molecule is CC[C@H]1OC(OC2CC[C@@]3(C)C(=CCC4C3CC[C@@]3(C)C4CC[C@@H]3/C(C)=N/OCc3ccc(Cl)cc3)C2)C=C[C@@H]1C. The molecule has 10 atom stereocenters. The lowest BCUT2D eigenvalue weighted by molar-refractivity contribution is -0.188. The van der Waals surface area contributed by atoms with Crippen molar-refractivity contribution < 1.29 is 14.3 Å². The van der Waals surface area contributed by atoms with Crippen molar-refractivity contribution in [1.82, 2.24) is 0 Å². The molecule has 41 heavy (non-hydrogen) atoms. The molecule has 3 fully saturated rings. The van der Waals surface area contributed by atoms with Gasteiger partial charge in [-0.3, -0.25) is 0 Å². The molecule has 0 spiro atoms. The van der Waals surface area contributed by atoms with Gasteiger partial charge in [0.15, 0.2) is 6.29 Å². The predicted molar refractivity (Wildman–Crippen MR) is 167 cm³/mol. The lowest BCUT2D eigenvalue weighted by Gasteiger charge is -2.58. The van der Waals surface area contributed by atoms with Crippen LogP contribution < -0.4 is 0 Å². The summed E-state index contributed by atoms with van der Waals surface area (Å²) < 4.78 is 12.8. The third-order valence-corrected chi connectivity index (χ3v) is 12.4. The van der Waals surface area contributed by atoms with Gasteiger partial charge >= 0.3 is 0 Å². The minimum absolute atomic E-state index is 0.187. The highest BCUT2D eigenvalue weighted by molar-refractivity contribution is 6.30. The van der Waals surface area contributed by atoms with Gasteiger partial charge in [-0.2, -0.15) is 0 Å². The first-order chi connectivity index (χ1) is 19.7. The number of oxime groups is 1. The molecule has 6 rings (SSSR count). The molecule has 0 N–H and O–H groups in total. The molecule has 5 unspecified atom stereocenters. The van der Waals surface area contributed by atoms with Crippen LogP contribution in [0, 0.1) is 40.4 Å². The predicted octanol–water partition coefficient (Wildman–Crippen LogP) is 9.52. The summed E-state index contributed by atoms with van der Waals surface area (Å²) in [5, 5.41) is 5.41. The lowest BCUT2D eigenvalue weighted by Crippen LogP contribution is -2.51. The Hall–Kier alpha value is -1.62. The van der Waals surface area contributed by atoms with E-state index in [0.717, 1.165) is 47.6 Å². The smallest absolute Gasteiger partial charge is 0.177 e. The molecule has 0 radical (unpaired) electrons. The molecule has 0 saturated heterocycles. The van der Waals surface area contributed by atoms with E-state index in [1.54, 1.807) is 5.57 Å². The van der Waals surface area contributed by atoms with Gasteiger partial charge in [-0.15, -0.1) is 0 Å². The first kappa shape index (κ1) is 29.5. The van der Waals surface area contributed by atoms with Crippen LogP contribution >= 0.6 is 11.6 Å². The Morgan fingerprint density at radius 1 is 1.05 bits per heavy atom. The summed E-state index contributed by atoms with van der Waals surface area (Å²) >= 11 is 6.03. The third-order valence-electron chi connectivity index (χ3n) is 12.1. The van der Waals surface area contributed by atoms with E-state index in [-0.39, 0.29) is 18.5 Å². The summed E-state index contributed by atoms with van der Waals surface area (Å²) in [6.45, 7) is 12.3. The Kier molecular flexibility index (Phi) is 8.48. The minimum atomic E-state index is -0.187. The molecule has 4 nitrogen and oxygen atoms in total. The average Bonchev–Trinajstić information content (AvgIpc) is 3.32. The Morgan fingerprint density at radius 3 is 2.63 bits per heavy atom. The van der Waals surface area contributed by atoms with E-state index in [2.05, 4.69) is 58.0 Å². The number of allylic oxidation sites excluding steroid dienone is 1. The molecule has 224 valence electrons.